The van der Waals surface area contributed by atoms with Gasteiger partial charge in [-0.25, -0.2) is 4.79 Å². The molecule has 1 amide bonds. The number of hydrogen-bond acceptors (Lipinski definition) is 2. The molecule has 0 radical (unpaired) electrons. The summed E-state index contributed by atoms with van der Waals surface area (Å²) < 4.78 is 0. The van der Waals surface area contributed by atoms with Crippen molar-refractivity contribution in [3.8, 4) is 6.07 Å². The normalized spacial score (nSPS) is 11.6. The summed E-state index contributed by atoms with van der Waals surface area (Å²) in [5.74, 6) is 0. The molecular weight excluding hydrogens is 132 g/mol. The SMILES string of the molecule is CCCC(C#N)NC(=O)O. The summed E-state index contributed by atoms with van der Waals surface area (Å²) in [6.07, 6.45) is 0.237. The Morgan fingerprint density at radius 3 is 2.80 bits per heavy atom. The first-order valence-corrected chi connectivity index (χ1v) is 3.09. The quantitative estimate of drug-likeness (QED) is 0.616. The second-order valence-electron chi connectivity index (χ2n) is 1.92. The van der Waals surface area contributed by atoms with E-state index in [0.717, 1.165) is 6.42 Å². The van der Waals surface area contributed by atoms with E-state index in [2.05, 4.69) is 5.32 Å². The Morgan fingerprint density at radius 1 is 1.90 bits per heavy atom. The van der Waals surface area contributed by atoms with Crippen LogP contribution in [0, 0.1) is 11.3 Å². The lowest BCUT2D eigenvalue weighted by Gasteiger charge is -2.04. The molecule has 0 saturated carbocycles. The van der Waals surface area contributed by atoms with Gasteiger partial charge in [-0.3, -0.25) is 0 Å². The largest absolute Gasteiger partial charge is 0.465 e. The van der Waals surface area contributed by atoms with Crippen LogP contribution >= 0.6 is 0 Å². The molecular formula is C6H10N2O2. The van der Waals surface area contributed by atoms with E-state index in [9.17, 15) is 4.79 Å². The van der Waals surface area contributed by atoms with Crippen LogP contribution in [-0.2, 0) is 0 Å². The molecule has 0 spiro atoms. The van der Waals surface area contributed by atoms with Gasteiger partial charge in [0.1, 0.15) is 6.04 Å². The first kappa shape index (κ1) is 8.76. The van der Waals surface area contributed by atoms with Crippen molar-refractivity contribution in [2.24, 2.45) is 0 Å². The monoisotopic (exact) mass is 142 g/mol. The average molecular weight is 142 g/mol. The highest BCUT2D eigenvalue weighted by Crippen LogP contribution is 1.93. The summed E-state index contributed by atoms with van der Waals surface area (Å²) in [4.78, 5) is 9.98. The Hall–Kier alpha value is -1.24. The van der Waals surface area contributed by atoms with Gasteiger partial charge in [-0.15, -0.1) is 0 Å². The van der Waals surface area contributed by atoms with Crippen LogP contribution < -0.4 is 5.32 Å². The summed E-state index contributed by atoms with van der Waals surface area (Å²) in [5, 5.41) is 18.6. The Labute approximate surface area is 59.5 Å². The maximum absolute atomic E-state index is 9.98. The third kappa shape index (κ3) is 3.72. The van der Waals surface area contributed by atoms with E-state index < -0.39 is 12.1 Å². The summed E-state index contributed by atoms with van der Waals surface area (Å²) in [7, 11) is 0. The zero-order valence-electron chi connectivity index (χ0n) is 5.79. The van der Waals surface area contributed by atoms with Crippen molar-refractivity contribution in [3.05, 3.63) is 0 Å². The number of carbonyl (C=O) groups is 1. The fourth-order valence-electron chi connectivity index (χ4n) is 0.607. The Kier molecular flexibility index (Phi) is 4.05. The van der Waals surface area contributed by atoms with Crippen LogP contribution in [-0.4, -0.2) is 17.2 Å². The van der Waals surface area contributed by atoms with E-state index in [1.165, 1.54) is 0 Å². The smallest absolute Gasteiger partial charge is 0.405 e. The lowest BCUT2D eigenvalue weighted by molar-refractivity contribution is 0.192. The highest BCUT2D eigenvalue weighted by Gasteiger charge is 2.06. The van der Waals surface area contributed by atoms with Gasteiger partial charge < -0.3 is 10.4 Å². The van der Waals surface area contributed by atoms with Gasteiger partial charge in [-0.2, -0.15) is 5.26 Å². The van der Waals surface area contributed by atoms with Crippen molar-refractivity contribution in [1.29, 1.82) is 5.26 Å². The van der Waals surface area contributed by atoms with Gasteiger partial charge >= 0.3 is 6.09 Å². The molecule has 0 aromatic carbocycles. The fourth-order valence-corrected chi connectivity index (χ4v) is 0.607. The van der Waals surface area contributed by atoms with Crippen molar-refractivity contribution in [1.82, 2.24) is 5.32 Å². The molecule has 2 N–H and O–H groups in total. The van der Waals surface area contributed by atoms with Crippen molar-refractivity contribution in [2.45, 2.75) is 25.8 Å². The molecule has 1 unspecified atom stereocenters. The molecule has 0 aliphatic rings. The maximum Gasteiger partial charge on any atom is 0.405 e. The molecule has 0 fully saturated rings. The number of rotatable bonds is 3. The van der Waals surface area contributed by atoms with Crippen LogP contribution in [0.5, 0.6) is 0 Å². The zero-order valence-corrected chi connectivity index (χ0v) is 5.79. The van der Waals surface area contributed by atoms with Crippen molar-refractivity contribution in [2.75, 3.05) is 0 Å². The van der Waals surface area contributed by atoms with Crippen molar-refractivity contribution in [3.63, 3.8) is 0 Å². The van der Waals surface area contributed by atoms with E-state index in [4.69, 9.17) is 10.4 Å². The molecule has 1 atom stereocenters. The minimum Gasteiger partial charge on any atom is -0.465 e. The molecule has 56 valence electrons. The highest BCUT2D eigenvalue weighted by atomic mass is 16.4. The van der Waals surface area contributed by atoms with E-state index in [1.54, 1.807) is 0 Å². The number of nitrogens with zero attached hydrogens (tertiary/aromatic N) is 1. The molecule has 4 nitrogen and oxygen atoms in total. The summed E-state index contributed by atoms with van der Waals surface area (Å²) >= 11 is 0. The van der Waals surface area contributed by atoms with Gasteiger partial charge in [0.05, 0.1) is 6.07 Å². The van der Waals surface area contributed by atoms with E-state index in [1.807, 2.05) is 13.0 Å². The average Bonchev–Trinajstić information content (AvgIpc) is 1.86. The fraction of sp³-hybridized carbons (Fsp3) is 0.667. The topological polar surface area (TPSA) is 73.1 Å². The molecule has 0 saturated heterocycles. The highest BCUT2D eigenvalue weighted by molar-refractivity contribution is 5.65. The van der Waals surface area contributed by atoms with Crippen molar-refractivity contribution >= 4 is 6.09 Å². The molecule has 0 heterocycles. The number of hydrogen-bond donors (Lipinski definition) is 2. The van der Waals surface area contributed by atoms with Crippen molar-refractivity contribution < 1.29 is 9.90 Å². The van der Waals surface area contributed by atoms with Gasteiger partial charge in [-0.1, -0.05) is 13.3 Å². The second kappa shape index (κ2) is 4.62. The minimum absolute atomic E-state index is 0.553. The lowest BCUT2D eigenvalue weighted by atomic mass is 10.2. The summed E-state index contributed by atoms with van der Waals surface area (Å²) in [6.45, 7) is 1.90. The summed E-state index contributed by atoms with van der Waals surface area (Å²) in [6, 6.07) is 1.29. The van der Waals surface area contributed by atoms with Crippen LogP contribution in [0.1, 0.15) is 19.8 Å². The van der Waals surface area contributed by atoms with E-state index in [-0.39, 0.29) is 0 Å². The second-order valence-corrected chi connectivity index (χ2v) is 1.92. The predicted octanol–water partition coefficient (Wildman–Crippen LogP) is 0.946. The van der Waals surface area contributed by atoms with Crippen LogP contribution in [0.4, 0.5) is 4.79 Å². The molecule has 0 aliphatic heterocycles. The first-order valence-electron chi connectivity index (χ1n) is 3.09. The molecule has 0 rings (SSSR count). The van der Waals surface area contributed by atoms with Crippen LogP contribution in [0.25, 0.3) is 0 Å². The number of carboxylic acid groups (broad SMARTS) is 1. The van der Waals surface area contributed by atoms with E-state index in [0.29, 0.717) is 6.42 Å². The van der Waals surface area contributed by atoms with Crippen LogP contribution in [0.2, 0.25) is 0 Å². The van der Waals surface area contributed by atoms with Crippen LogP contribution in [0.3, 0.4) is 0 Å². The standard InChI is InChI=1S/C6H10N2O2/c1-2-3-5(4-7)8-6(9)10/h5,8H,2-3H2,1H3,(H,9,10). The molecule has 4 heteroatoms. The van der Waals surface area contributed by atoms with Gasteiger partial charge in [-0.05, 0) is 6.42 Å². The van der Waals surface area contributed by atoms with Gasteiger partial charge in [0.25, 0.3) is 0 Å². The third-order valence-electron chi connectivity index (χ3n) is 1.03. The van der Waals surface area contributed by atoms with Gasteiger partial charge in [0, 0.05) is 0 Å². The zero-order chi connectivity index (χ0) is 7.98. The first-order chi connectivity index (χ1) is 4.70. The molecule has 10 heavy (non-hydrogen) atoms. The Balaban J connectivity index is 3.63. The summed E-state index contributed by atoms with van der Waals surface area (Å²) in [5.41, 5.74) is 0. The maximum atomic E-state index is 9.98. The van der Waals surface area contributed by atoms with Gasteiger partial charge in [0.15, 0.2) is 0 Å². The van der Waals surface area contributed by atoms with Gasteiger partial charge in [0.2, 0.25) is 0 Å². The Bertz CT molecular complexity index is 150. The molecule has 0 aromatic heterocycles. The Morgan fingerprint density at radius 2 is 2.50 bits per heavy atom. The van der Waals surface area contributed by atoms with Crippen LogP contribution in [0.15, 0.2) is 0 Å². The lowest BCUT2D eigenvalue weighted by Crippen LogP contribution is -2.31. The number of nitrogens with one attached hydrogen (secondary N) is 1. The molecule has 0 aromatic rings. The van der Waals surface area contributed by atoms with E-state index >= 15 is 0 Å². The predicted molar refractivity (Wildman–Crippen MR) is 35.5 cm³/mol. The molecule has 0 bridgehead atoms. The molecule has 0 aliphatic carbocycles. The minimum atomic E-state index is -1.14. The number of amides is 1. The third-order valence-corrected chi connectivity index (χ3v) is 1.03. The number of nitriles is 1.